The van der Waals surface area contributed by atoms with Gasteiger partial charge in [-0.25, -0.2) is 12.8 Å². The van der Waals surface area contributed by atoms with E-state index in [-0.39, 0.29) is 4.90 Å². The summed E-state index contributed by atoms with van der Waals surface area (Å²) in [7, 11) is -3.95. The van der Waals surface area contributed by atoms with Gasteiger partial charge in [0.1, 0.15) is 10.7 Å². The van der Waals surface area contributed by atoms with Gasteiger partial charge in [-0.2, -0.15) is 0 Å². The van der Waals surface area contributed by atoms with Crippen molar-refractivity contribution in [2.45, 2.75) is 10.2 Å². The van der Waals surface area contributed by atoms with E-state index in [2.05, 4.69) is 36.6 Å². The van der Waals surface area contributed by atoms with Gasteiger partial charge in [0.05, 0.1) is 0 Å². The average Bonchev–Trinajstić information content (AvgIpc) is 2.37. The van der Waals surface area contributed by atoms with E-state index in [1.165, 1.54) is 12.1 Å². The van der Waals surface area contributed by atoms with Gasteiger partial charge >= 0.3 is 0 Å². The third-order valence-electron chi connectivity index (χ3n) is 2.52. The highest BCUT2D eigenvalue weighted by atomic mass is 79.9. The van der Waals surface area contributed by atoms with Crippen LogP contribution in [0.25, 0.3) is 0 Å². The highest BCUT2D eigenvalue weighted by Crippen LogP contribution is 2.22. The topological polar surface area (TPSA) is 46.2 Å². The minimum absolute atomic E-state index is 0.384. The molecule has 0 saturated heterocycles. The van der Waals surface area contributed by atoms with Gasteiger partial charge < -0.3 is 0 Å². The Morgan fingerprint density at radius 1 is 1.15 bits per heavy atom. The Kier molecular flexibility index (Phi) is 4.82. The minimum atomic E-state index is -3.95. The van der Waals surface area contributed by atoms with Gasteiger partial charge in [-0.3, -0.25) is 4.72 Å². The van der Waals surface area contributed by atoms with Crippen LogP contribution in [0.2, 0.25) is 0 Å². The van der Waals surface area contributed by atoms with Crippen LogP contribution in [0.3, 0.4) is 0 Å². The minimum Gasteiger partial charge on any atom is -0.280 e. The molecule has 0 amide bonds. The number of halogens is 3. The van der Waals surface area contributed by atoms with Crippen molar-refractivity contribution in [3.05, 3.63) is 58.3 Å². The molecule has 0 aliphatic rings. The lowest BCUT2D eigenvalue weighted by atomic mass is 10.2. The molecule has 0 bridgehead atoms. The Morgan fingerprint density at radius 2 is 1.90 bits per heavy atom. The number of anilines is 1. The third kappa shape index (κ3) is 3.59. The molecule has 0 aliphatic heterocycles. The largest absolute Gasteiger partial charge is 0.280 e. The summed E-state index contributed by atoms with van der Waals surface area (Å²) in [6, 6.07) is 10.7. The number of hydrogen-bond donors (Lipinski definition) is 1. The van der Waals surface area contributed by atoms with Gasteiger partial charge in [0.2, 0.25) is 0 Å². The van der Waals surface area contributed by atoms with Gasteiger partial charge in [-0.15, -0.1) is 0 Å². The zero-order valence-electron chi connectivity index (χ0n) is 10.1. The fourth-order valence-corrected chi connectivity index (χ4v) is 3.41. The molecule has 0 unspecified atom stereocenters. The molecule has 0 fully saturated rings. The number of alkyl halides is 1. The summed E-state index contributed by atoms with van der Waals surface area (Å²) in [6.07, 6.45) is 0. The zero-order valence-corrected chi connectivity index (χ0v) is 14.1. The van der Waals surface area contributed by atoms with E-state index in [0.29, 0.717) is 15.5 Å². The van der Waals surface area contributed by atoms with Crippen LogP contribution in [0.1, 0.15) is 5.56 Å². The Morgan fingerprint density at radius 3 is 2.55 bits per heavy atom. The number of rotatable bonds is 4. The average molecular weight is 423 g/mol. The van der Waals surface area contributed by atoms with Gasteiger partial charge in [0, 0.05) is 15.5 Å². The van der Waals surface area contributed by atoms with Crippen LogP contribution in [0.4, 0.5) is 10.1 Å². The summed E-state index contributed by atoms with van der Waals surface area (Å²) < 4.78 is 40.9. The lowest BCUT2D eigenvalue weighted by Crippen LogP contribution is -2.14. The monoisotopic (exact) mass is 421 g/mol. The van der Waals surface area contributed by atoms with Crippen molar-refractivity contribution in [3.8, 4) is 0 Å². The molecule has 106 valence electrons. The molecule has 0 aromatic heterocycles. The second kappa shape index (κ2) is 6.24. The van der Waals surface area contributed by atoms with Crippen molar-refractivity contribution in [1.29, 1.82) is 0 Å². The van der Waals surface area contributed by atoms with E-state index in [1.54, 1.807) is 18.2 Å². The highest BCUT2D eigenvalue weighted by Gasteiger charge is 2.19. The van der Waals surface area contributed by atoms with E-state index >= 15 is 0 Å². The van der Waals surface area contributed by atoms with Crippen LogP contribution in [0.5, 0.6) is 0 Å². The first kappa shape index (κ1) is 15.5. The van der Waals surface area contributed by atoms with Gasteiger partial charge in [-0.05, 0) is 35.9 Å². The lowest BCUT2D eigenvalue weighted by Gasteiger charge is -2.10. The fourth-order valence-electron chi connectivity index (χ4n) is 1.62. The van der Waals surface area contributed by atoms with Crippen molar-refractivity contribution in [3.63, 3.8) is 0 Å². The Hall–Kier alpha value is -0.920. The van der Waals surface area contributed by atoms with Crippen LogP contribution < -0.4 is 4.72 Å². The first-order chi connectivity index (χ1) is 9.42. The predicted molar refractivity (Wildman–Crippen MR) is 84.0 cm³/mol. The van der Waals surface area contributed by atoms with Crippen LogP contribution in [-0.2, 0) is 15.4 Å². The second-order valence-electron chi connectivity index (χ2n) is 4.01. The van der Waals surface area contributed by atoms with Crippen molar-refractivity contribution in [2.75, 3.05) is 4.72 Å². The molecule has 2 aromatic carbocycles. The molecule has 0 aliphatic carbocycles. The zero-order chi connectivity index (χ0) is 14.8. The Balaban J connectivity index is 2.35. The van der Waals surface area contributed by atoms with Crippen LogP contribution in [0, 0.1) is 5.82 Å². The summed E-state index contributed by atoms with van der Waals surface area (Å²) in [4.78, 5) is -0.384. The van der Waals surface area contributed by atoms with Gasteiger partial charge in [-0.1, -0.05) is 44.0 Å². The van der Waals surface area contributed by atoms with E-state index < -0.39 is 15.8 Å². The van der Waals surface area contributed by atoms with E-state index in [4.69, 9.17) is 0 Å². The van der Waals surface area contributed by atoms with Crippen molar-refractivity contribution < 1.29 is 12.8 Å². The standard InChI is InChI=1S/C13H10Br2FNO2S/c14-8-9-2-1-3-11(6-9)17-20(18,19)13-5-4-10(15)7-12(13)16/h1-7,17H,8H2. The van der Waals surface area contributed by atoms with Crippen molar-refractivity contribution in [2.24, 2.45) is 0 Å². The molecule has 0 radical (unpaired) electrons. The number of hydrogen-bond acceptors (Lipinski definition) is 2. The molecule has 0 saturated carbocycles. The second-order valence-corrected chi connectivity index (χ2v) is 7.14. The first-order valence-corrected chi connectivity index (χ1v) is 8.95. The number of benzene rings is 2. The van der Waals surface area contributed by atoms with E-state index in [9.17, 15) is 12.8 Å². The molecular formula is C13H10Br2FNO2S. The molecule has 0 spiro atoms. The summed E-state index contributed by atoms with van der Waals surface area (Å²) in [5.74, 6) is -0.802. The smallest absolute Gasteiger partial charge is 0.264 e. The summed E-state index contributed by atoms with van der Waals surface area (Å²) in [5.41, 5.74) is 1.31. The van der Waals surface area contributed by atoms with Gasteiger partial charge in [0.25, 0.3) is 10.0 Å². The quantitative estimate of drug-likeness (QED) is 0.747. The van der Waals surface area contributed by atoms with Gasteiger partial charge in [0.15, 0.2) is 0 Å². The fraction of sp³-hybridized carbons (Fsp3) is 0.0769. The molecule has 20 heavy (non-hydrogen) atoms. The number of nitrogens with one attached hydrogen (secondary N) is 1. The lowest BCUT2D eigenvalue weighted by molar-refractivity contribution is 0.570. The maximum atomic E-state index is 13.7. The molecule has 2 rings (SSSR count). The highest BCUT2D eigenvalue weighted by molar-refractivity contribution is 9.10. The molecule has 3 nitrogen and oxygen atoms in total. The summed E-state index contributed by atoms with van der Waals surface area (Å²) >= 11 is 6.38. The summed E-state index contributed by atoms with van der Waals surface area (Å²) in [6.45, 7) is 0. The molecule has 1 N–H and O–H groups in total. The van der Waals surface area contributed by atoms with Crippen LogP contribution in [-0.4, -0.2) is 8.42 Å². The Labute approximate surface area is 133 Å². The molecule has 0 heterocycles. The predicted octanol–water partition coefficient (Wildman–Crippen LogP) is 4.28. The molecule has 0 atom stereocenters. The Bertz CT molecular complexity index is 735. The molecule has 2 aromatic rings. The summed E-state index contributed by atoms with van der Waals surface area (Å²) in [5, 5.41) is 0.606. The SMILES string of the molecule is O=S(=O)(Nc1cccc(CBr)c1)c1ccc(Br)cc1F. The van der Waals surface area contributed by atoms with Crippen LogP contribution >= 0.6 is 31.9 Å². The normalized spacial score (nSPS) is 11.3. The molecule has 7 heteroatoms. The maximum absolute atomic E-state index is 13.7. The maximum Gasteiger partial charge on any atom is 0.264 e. The van der Waals surface area contributed by atoms with Crippen molar-refractivity contribution >= 4 is 47.6 Å². The van der Waals surface area contributed by atoms with Crippen molar-refractivity contribution in [1.82, 2.24) is 0 Å². The third-order valence-corrected chi connectivity index (χ3v) is 5.07. The van der Waals surface area contributed by atoms with Crippen LogP contribution in [0.15, 0.2) is 51.8 Å². The first-order valence-electron chi connectivity index (χ1n) is 5.55. The number of sulfonamides is 1. The molecular weight excluding hydrogens is 413 g/mol. The van der Waals surface area contributed by atoms with E-state index in [0.717, 1.165) is 11.6 Å². The van der Waals surface area contributed by atoms with E-state index in [1.807, 2.05) is 6.07 Å².